The maximum Gasteiger partial charge on any atom is 0.316 e. The first kappa shape index (κ1) is 19.1. The van der Waals surface area contributed by atoms with Crippen LogP contribution in [0.25, 0.3) is 0 Å². The van der Waals surface area contributed by atoms with Crippen molar-refractivity contribution in [2.24, 2.45) is 0 Å². The Morgan fingerprint density at radius 3 is 2.37 bits per heavy atom. The molecule has 1 N–H and O–H groups in total. The summed E-state index contributed by atoms with van der Waals surface area (Å²) in [4.78, 5) is 39.4. The van der Waals surface area contributed by atoms with Crippen molar-refractivity contribution in [3.8, 4) is 0 Å². The lowest BCUT2D eigenvalue weighted by Gasteiger charge is -2.34. The van der Waals surface area contributed by atoms with Crippen LogP contribution in [0.15, 0.2) is 57.2 Å². The predicted octanol–water partition coefficient (Wildman–Crippen LogP) is -0.540. The average molecular weight is 392 g/mol. The molecule has 0 radical (unpaired) electrons. The first-order chi connectivity index (χ1) is 12.9. The molecule has 1 aliphatic heterocycles. The second-order valence-corrected chi connectivity index (χ2v) is 8.07. The standard InChI is InChI=1S/C17H20N4O5S/c22-15(6-8-20-9-7-18-16(23)17(20)24)19-10-12-21(13-11-19)27(25,26)14-4-2-1-3-5-14/h1-5,7,9H,6,8,10-13H2,(H,18,23). The van der Waals surface area contributed by atoms with Crippen LogP contribution in [0.5, 0.6) is 0 Å². The molecule has 2 aromatic rings. The summed E-state index contributed by atoms with van der Waals surface area (Å²) < 4.78 is 27.7. The molecule has 2 heterocycles. The van der Waals surface area contributed by atoms with Crippen molar-refractivity contribution in [3.05, 3.63) is 63.4 Å². The zero-order chi connectivity index (χ0) is 19.4. The lowest BCUT2D eigenvalue weighted by atomic mass is 10.3. The molecule has 1 aromatic heterocycles. The minimum Gasteiger partial charge on any atom is -0.340 e. The zero-order valence-corrected chi connectivity index (χ0v) is 15.4. The molecule has 1 aliphatic rings. The van der Waals surface area contributed by atoms with Gasteiger partial charge >= 0.3 is 11.1 Å². The SMILES string of the molecule is O=C(CCn1cc[nH]c(=O)c1=O)N1CCN(S(=O)(=O)c2ccccc2)CC1. The summed E-state index contributed by atoms with van der Waals surface area (Å²) in [6.45, 7) is 1.11. The van der Waals surface area contributed by atoms with Crippen molar-refractivity contribution in [2.75, 3.05) is 26.2 Å². The first-order valence-electron chi connectivity index (χ1n) is 8.51. The van der Waals surface area contributed by atoms with Crippen LogP contribution >= 0.6 is 0 Å². The summed E-state index contributed by atoms with van der Waals surface area (Å²) in [5.74, 6) is -0.182. The summed E-state index contributed by atoms with van der Waals surface area (Å²) in [7, 11) is -3.57. The molecule has 0 spiro atoms. The van der Waals surface area contributed by atoms with Crippen LogP contribution < -0.4 is 11.1 Å². The minimum absolute atomic E-state index is 0.0643. The van der Waals surface area contributed by atoms with Gasteiger partial charge in [-0.05, 0) is 12.1 Å². The fourth-order valence-corrected chi connectivity index (χ4v) is 4.38. The van der Waals surface area contributed by atoms with Gasteiger partial charge in [0.2, 0.25) is 15.9 Å². The van der Waals surface area contributed by atoms with Gasteiger partial charge < -0.3 is 14.5 Å². The first-order valence-corrected chi connectivity index (χ1v) is 9.95. The number of carbonyl (C=O) groups is 1. The second-order valence-electron chi connectivity index (χ2n) is 6.14. The van der Waals surface area contributed by atoms with Gasteiger partial charge in [0.1, 0.15) is 0 Å². The topological polar surface area (TPSA) is 113 Å². The van der Waals surface area contributed by atoms with E-state index in [1.54, 1.807) is 35.2 Å². The molecule has 27 heavy (non-hydrogen) atoms. The van der Waals surface area contributed by atoms with Crippen molar-refractivity contribution >= 4 is 15.9 Å². The third kappa shape index (κ3) is 4.17. The molecule has 1 fully saturated rings. The number of aryl methyl sites for hydroxylation is 1. The number of rotatable bonds is 5. The molecule has 1 saturated heterocycles. The van der Waals surface area contributed by atoms with E-state index in [4.69, 9.17) is 0 Å². The quantitative estimate of drug-likeness (QED) is 0.687. The number of carbonyl (C=O) groups excluding carboxylic acids is 1. The highest BCUT2D eigenvalue weighted by atomic mass is 32.2. The van der Waals surface area contributed by atoms with Gasteiger partial charge in [-0.3, -0.25) is 14.4 Å². The van der Waals surface area contributed by atoms with Crippen molar-refractivity contribution in [3.63, 3.8) is 0 Å². The van der Waals surface area contributed by atoms with E-state index in [-0.39, 0.29) is 49.9 Å². The highest BCUT2D eigenvalue weighted by Crippen LogP contribution is 2.17. The van der Waals surface area contributed by atoms with Crippen LogP contribution in [0.3, 0.4) is 0 Å². The van der Waals surface area contributed by atoms with Gasteiger partial charge in [-0.25, -0.2) is 8.42 Å². The third-order valence-corrected chi connectivity index (χ3v) is 6.38. The normalized spacial score (nSPS) is 15.6. The molecule has 0 bridgehead atoms. The van der Waals surface area contributed by atoms with E-state index in [0.29, 0.717) is 0 Å². The molecular formula is C17H20N4O5S. The lowest BCUT2D eigenvalue weighted by molar-refractivity contribution is -0.132. The molecule has 10 heteroatoms. The number of aromatic nitrogens is 2. The molecule has 0 unspecified atom stereocenters. The Balaban J connectivity index is 1.57. The van der Waals surface area contributed by atoms with Crippen molar-refractivity contribution in [1.29, 1.82) is 0 Å². The highest BCUT2D eigenvalue weighted by Gasteiger charge is 2.29. The van der Waals surface area contributed by atoms with Crippen LogP contribution in [-0.2, 0) is 21.4 Å². The van der Waals surface area contributed by atoms with E-state index in [1.807, 2.05) is 0 Å². The molecule has 1 aromatic carbocycles. The summed E-state index contributed by atoms with van der Waals surface area (Å²) in [5, 5.41) is 0. The molecule has 0 aliphatic carbocycles. The molecule has 0 atom stereocenters. The van der Waals surface area contributed by atoms with E-state index in [0.717, 1.165) is 0 Å². The Morgan fingerprint density at radius 2 is 1.70 bits per heavy atom. The van der Waals surface area contributed by atoms with Crippen molar-refractivity contribution in [1.82, 2.24) is 18.8 Å². The summed E-state index contributed by atoms with van der Waals surface area (Å²) in [6.07, 6.45) is 2.83. The number of hydrogen-bond acceptors (Lipinski definition) is 5. The summed E-state index contributed by atoms with van der Waals surface area (Å²) >= 11 is 0. The van der Waals surface area contributed by atoms with Crippen molar-refractivity contribution in [2.45, 2.75) is 17.9 Å². The van der Waals surface area contributed by atoms with Gasteiger partial charge in [0.25, 0.3) is 0 Å². The number of aromatic amines is 1. The van der Waals surface area contributed by atoms with Crippen LogP contribution in [0, 0.1) is 0 Å². The van der Waals surface area contributed by atoms with Crippen LogP contribution in [-0.4, -0.2) is 59.3 Å². The molecular weight excluding hydrogens is 372 g/mol. The maximum atomic E-state index is 12.6. The molecule has 9 nitrogen and oxygen atoms in total. The number of H-pyrrole nitrogens is 1. The molecule has 0 saturated carbocycles. The van der Waals surface area contributed by atoms with Gasteiger partial charge in [-0.1, -0.05) is 18.2 Å². The van der Waals surface area contributed by atoms with E-state index in [9.17, 15) is 22.8 Å². The smallest absolute Gasteiger partial charge is 0.316 e. The Kier molecular flexibility index (Phi) is 5.57. The number of piperazine rings is 1. The zero-order valence-electron chi connectivity index (χ0n) is 14.6. The Hall–Kier alpha value is -2.72. The van der Waals surface area contributed by atoms with Gasteiger partial charge in [0.05, 0.1) is 4.90 Å². The fourth-order valence-electron chi connectivity index (χ4n) is 2.93. The third-order valence-electron chi connectivity index (χ3n) is 4.46. The van der Waals surface area contributed by atoms with E-state index < -0.39 is 21.1 Å². The molecule has 3 rings (SSSR count). The summed E-state index contributed by atoms with van der Waals surface area (Å²) in [6, 6.07) is 8.19. The lowest BCUT2D eigenvalue weighted by Crippen LogP contribution is -2.50. The van der Waals surface area contributed by atoms with Crippen LogP contribution in [0.4, 0.5) is 0 Å². The largest absolute Gasteiger partial charge is 0.340 e. The fraction of sp³-hybridized carbons (Fsp3) is 0.353. The Bertz CT molecular complexity index is 1020. The highest BCUT2D eigenvalue weighted by molar-refractivity contribution is 7.89. The van der Waals surface area contributed by atoms with Crippen molar-refractivity contribution < 1.29 is 13.2 Å². The number of benzene rings is 1. The Labute approximate surface area is 155 Å². The number of nitrogens with zero attached hydrogens (tertiary/aromatic N) is 3. The van der Waals surface area contributed by atoms with Gasteiger partial charge in [-0.2, -0.15) is 4.31 Å². The van der Waals surface area contributed by atoms with Gasteiger partial charge in [0.15, 0.2) is 0 Å². The predicted molar refractivity (Wildman–Crippen MR) is 97.7 cm³/mol. The summed E-state index contributed by atoms with van der Waals surface area (Å²) in [5.41, 5.74) is -1.44. The monoisotopic (exact) mass is 392 g/mol. The van der Waals surface area contributed by atoms with E-state index in [1.165, 1.54) is 21.3 Å². The minimum atomic E-state index is -3.57. The van der Waals surface area contributed by atoms with E-state index in [2.05, 4.69) is 4.98 Å². The van der Waals surface area contributed by atoms with Crippen LogP contribution in [0.2, 0.25) is 0 Å². The van der Waals surface area contributed by atoms with Gasteiger partial charge in [-0.15, -0.1) is 0 Å². The van der Waals surface area contributed by atoms with E-state index >= 15 is 0 Å². The Morgan fingerprint density at radius 1 is 1.04 bits per heavy atom. The number of sulfonamides is 1. The average Bonchev–Trinajstić information content (AvgIpc) is 2.69. The van der Waals surface area contributed by atoms with Crippen LogP contribution in [0.1, 0.15) is 6.42 Å². The second kappa shape index (κ2) is 7.89. The number of nitrogens with one attached hydrogen (secondary N) is 1. The van der Waals surface area contributed by atoms with Gasteiger partial charge in [0, 0.05) is 51.5 Å². The number of amides is 1. The maximum absolute atomic E-state index is 12.6. The molecule has 144 valence electrons. The molecule has 1 amide bonds. The number of hydrogen-bond donors (Lipinski definition) is 1.